The van der Waals surface area contributed by atoms with E-state index in [1.165, 1.54) is 0 Å². The topological polar surface area (TPSA) is 40.2 Å². The van der Waals surface area contributed by atoms with Gasteiger partial charge < -0.3 is 18.3 Å². The zero-order valence-corrected chi connectivity index (χ0v) is 11.0. The normalized spacial score (nSPS) is 24.2. The summed E-state index contributed by atoms with van der Waals surface area (Å²) in [6.45, 7) is 5.80. The van der Waals surface area contributed by atoms with Crippen LogP contribution in [0.2, 0.25) is 5.54 Å². The van der Waals surface area contributed by atoms with Crippen LogP contribution in [-0.4, -0.2) is 48.9 Å². The van der Waals surface area contributed by atoms with E-state index in [1.54, 1.807) is 14.2 Å². The molecule has 0 spiro atoms. The van der Waals surface area contributed by atoms with E-state index in [4.69, 9.17) is 18.3 Å². The van der Waals surface area contributed by atoms with Gasteiger partial charge in [0.1, 0.15) is 6.10 Å². The van der Waals surface area contributed by atoms with Gasteiger partial charge in [-0.15, -0.1) is 0 Å². The van der Waals surface area contributed by atoms with Crippen molar-refractivity contribution in [2.75, 3.05) is 27.4 Å². The predicted octanol–water partition coefficient (Wildman–Crippen LogP) is 1.35. The second kappa shape index (κ2) is 6.60. The Hall–Kier alpha value is 0.0569. The van der Waals surface area contributed by atoms with Crippen molar-refractivity contribution in [1.29, 1.82) is 0 Å². The Morgan fingerprint density at radius 1 is 1.40 bits per heavy atom. The van der Waals surface area contributed by atoms with E-state index in [0.717, 1.165) is 13.0 Å². The fourth-order valence-corrected chi connectivity index (χ4v) is 3.16. The minimum Gasteiger partial charge on any atom is -0.397 e. The first-order valence-electron chi connectivity index (χ1n) is 5.40. The van der Waals surface area contributed by atoms with Gasteiger partial charge in [0.05, 0.1) is 19.3 Å². The van der Waals surface area contributed by atoms with Crippen molar-refractivity contribution < 1.29 is 18.3 Å². The smallest absolute Gasteiger partial charge is 0.389 e. The molecule has 5 heteroatoms. The lowest BCUT2D eigenvalue weighted by molar-refractivity contribution is 0.0306. The van der Waals surface area contributed by atoms with E-state index >= 15 is 0 Å². The third kappa shape index (κ3) is 4.20. The van der Waals surface area contributed by atoms with Crippen LogP contribution in [0.4, 0.5) is 0 Å². The Morgan fingerprint density at radius 2 is 2.00 bits per heavy atom. The van der Waals surface area contributed by atoms with Crippen molar-refractivity contribution in [3.63, 3.8) is 0 Å². The zero-order chi connectivity index (χ0) is 11.3. The molecule has 1 heterocycles. The highest BCUT2D eigenvalue weighted by Crippen LogP contribution is 2.23. The third-order valence-electron chi connectivity index (χ3n) is 2.63. The maximum Gasteiger partial charge on any atom is 0.389 e. The Labute approximate surface area is 93.7 Å². The summed E-state index contributed by atoms with van der Waals surface area (Å²) in [4.78, 5) is 0. The molecular weight excluding hydrogens is 212 g/mol. The van der Waals surface area contributed by atoms with Crippen molar-refractivity contribution in [3.05, 3.63) is 0 Å². The Morgan fingerprint density at radius 3 is 2.40 bits per heavy atom. The van der Waals surface area contributed by atoms with Crippen LogP contribution in [0.3, 0.4) is 0 Å². The number of hydrogen-bond donors (Lipinski definition) is 0. The van der Waals surface area contributed by atoms with Gasteiger partial charge in [-0.05, 0) is 6.42 Å². The Balaban J connectivity index is 2.32. The fourth-order valence-electron chi connectivity index (χ4n) is 1.62. The molecule has 1 fully saturated rings. The van der Waals surface area contributed by atoms with Crippen LogP contribution in [0.5, 0.6) is 0 Å². The van der Waals surface area contributed by atoms with Gasteiger partial charge in [0.15, 0.2) is 0 Å². The van der Waals surface area contributed by atoms with E-state index in [1.807, 2.05) is 0 Å². The molecule has 15 heavy (non-hydrogen) atoms. The second-order valence-electron chi connectivity index (χ2n) is 3.75. The molecule has 0 N–H and O–H groups in total. The lowest BCUT2D eigenvalue weighted by atomic mass is 10.2. The van der Waals surface area contributed by atoms with Crippen LogP contribution < -0.4 is 0 Å². The average Bonchev–Trinajstić information content (AvgIpc) is 3.04. The monoisotopic (exact) mass is 233 g/mol. The standard InChI is InChI=1S/C10H21O4Si/c1-5-10(14-7-9-6-13-9)8(2)15(11-3)12-4/h8-10H,5-7H2,1-4H3. The summed E-state index contributed by atoms with van der Waals surface area (Å²) in [5.74, 6) is 0. The molecule has 3 atom stereocenters. The summed E-state index contributed by atoms with van der Waals surface area (Å²) in [6, 6.07) is 0. The highest BCUT2D eigenvalue weighted by molar-refractivity contribution is 6.46. The SMILES string of the molecule is CCC(OCC1CO1)C(C)[Si](OC)OC. The lowest BCUT2D eigenvalue weighted by Crippen LogP contribution is -2.34. The van der Waals surface area contributed by atoms with Gasteiger partial charge in [-0.2, -0.15) is 0 Å². The fraction of sp³-hybridized carbons (Fsp3) is 1.00. The van der Waals surface area contributed by atoms with Gasteiger partial charge in [-0.25, -0.2) is 0 Å². The third-order valence-corrected chi connectivity index (χ3v) is 4.55. The van der Waals surface area contributed by atoms with Crippen molar-refractivity contribution in [1.82, 2.24) is 0 Å². The van der Waals surface area contributed by atoms with Gasteiger partial charge in [0, 0.05) is 19.8 Å². The largest absolute Gasteiger partial charge is 0.397 e. The highest BCUT2D eigenvalue weighted by Gasteiger charge is 2.31. The molecule has 0 aromatic heterocycles. The minimum atomic E-state index is -1.20. The van der Waals surface area contributed by atoms with Crippen LogP contribution in [0, 0.1) is 0 Å². The molecule has 0 saturated carbocycles. The Kier molecular flexibility index (Phi) is 5.77. The molecule has 0 aliphatic carbocycles. The van der Waals surface area contributed by atoms with E-state index in [2.05, 4.69) is 13.8 Å². The summed E-state index contributed by atoms with van der Waals surface area (Å²) in [5, 5.41) is 0. The quantitative estimate of drug-likeness (QED) is 0.469. The molecule has 89 valence electrons. The molecule has 3 unspecified atom stereocenters. The molecule has 1 rings (SSSR count). The number of epoxide rings is 1. The maximum absolute atomic E-state index is 5.80. The molecule has 0 aromatic rings. The average molecular weight is 233 g/mol. The van der Waals surface area contributed by atoms with Crippen molar-refractivity contribution in [2.45, 2.75) is 38.0 Å². The molecule has 0 aromatic carbocycles. The first-order valence-corrected chi connectivity index (χ1v) is 6.80. The van der Waals surface area contributed by atoms with E-state index < -0.39 is 9.28 Å². The van der Waals surface area contributed by atoms with Crippen molar-refractivity contribution >= 4 is 9.28 Å². The van der Waals surface area contributed by atoms with Gasteiger partial charge >= 0.3 is 9.28 Å². The molecule has 1 saturated heterocycles. The van der Waals surface area contributed by atoms with Crippen molar-refractivity contribution in [2.24, 2.45) is 0 Å². The molecule has 0 amide bonds. The van der Waals surface area contributed by atoms with Crippen LogP contribution in [-0.2, 0) is 18.3 Å². The van der Waals surface area contributed by atoms with E-state index in [-0.39, 0.29) is 6.10 Å². The number of rotatable bonds is 8. The number of ether oxygens (including phenoxy) is 2. The first kappa shape index (κ1) is 13.1. The molecule has 1 aliphatic rings. The zero-order valence-electron chi connectivity index (χ0n) is 9.99. The predicted molar refractivity (Wildman–Crippen MR) is 59.0 cm³/mol. The van der Waals surface area contributed by atoms with Gasteiger partial charge in [-0.1, -0.05) is 13.8 Å². The van der Waals surface area contributed by atoms with Crippen LogP contribution in [0.1, 0.15) is 20.3 Å². The first-order chi connectivity index (χ1) is 7.22. The minimum absolute atomic E-state index is 0.211. The highest BCUT2D eigenvalue weighted by atomic mass is 28.3. The van der Waals surface area contributed by atoms with Gasteiger partial charge in [0.25, 0.3) is 0 Å². The summed E-state index contributed by atoms with van der Waals surface area (Å²) < 4.78 is 21.6. The molecular formula is C10H21O4Si. The van der Waals surface area contributed by atoms with E-state index in [0.29, 0.717) is 18.3 Å². The molecule has 1 aliphatic heterocycles. The van der Waals surface area contributed by atoms with Gasteiger partial charge in [-0.3, -0.25) is 0 Å². The summed E-state index contributed by atoms with van der Waals surface area (Å²) in [6.07, 6.45) is 1.52. The Bertz CT molecular complexity index is 171. The molecule has 0 bridgehead atoms. The maximum atomic E-state index is 5.80. The van der Waals surface area contributed by atoms with Crippen LogP contribution >= 0.6 is 0 Å². The summed E-state index contributed by atoms with van der Waals surface area (Å²) in [5.41, 5.74) is 0.328. The number of hydrogen-bond acceptors (Lipinski definition) is 4. The second-order valence-corrected chi connectivity index (χ2v) is 6.12. The van der Waals surface area contributed by atoms with E-state index in [9.17, 15) is 0 Å². The molecule has 1 radical (unpaired) electrons. The lowest BCUT2D eigenvalue weighted by Gasteiger charge is -2.25. The summed E-state index contributed by atoms with van der Waals surface area (Å²) in [7, 11) is 2.19. The van der Waals surface area contributed by atoms with Gasteiger partial charge in [0.2, 0.25) is 0 Å². The van der Waals surface area contributed by atoms with Crippen molar-refractivity contribution in [3.8, 4) is 0 Å². The summed E-state index contributed by atoms with van der Waals surface area (Å²) >= 11 is 0. The van der Waals surface area contributed by atoms with Crippen LogP contribution in [0.25, 0.3) is 0 Å². The van der Waals surface area contributed by atoms with Crippen LogP contribution in [0.15, 0.2) is 0 Å². The molecule has 4 nitrogen and oxygen atoms in total.